The van der Waals surface area contributed by atoms with Gasteiger partial charge < -0.3 is 31.9 Å². The molecule has 1 aliphatic heterocycles. The van der Waals surface area contributed by atoms with Gasteiger partial charge in [0.05, 0.1) is 32.8 Å². The Labute approximate surface area is 168 Å². The molecule has 2 N–H and O–H groups in total. The fourth-order valence-corrected chi connectivity index (χ4v) is 3.21. The number of aliphatic hydroxyl groups is 1. The maximum absolute atomic E-state index is 11.7. The summed E-state index contributed by atoms with van der Waals surface area (Å²) in [5.41, 5.74) is 1.14. The van der Waals surface area contributed by atoms with E-state index in [4.69, 9.17) is 9.47 Å². The van der Waals surface area contributed by atoms with Crippen LogP contribution in [0.1, 0.15) is 33.3 Å². The number of hydrogen-bond donors (Lipinski definition) is 2. The molecule has 0 bridgehead atoms. The largest absolute Gasteiger partial charge is 1.00 e. The van der Waals surface area contributed by atoms with E-state index in [0.717, 1.165) is 24.4 Å². The Morgan fingerprint density at radius 1 is 1.26 bits per heavy atom. The van der Waals surface area contributed by atoms with Gasteiger partial charge in [0.2, 0.25) is 0 Å². The lowest BCUT2D eigenvalue weighted by Crippen LogP contribution is -3.16. The van der Waals surface area contributed by atoms with Crippen molar-refractivity contribution in [3.63, 3.8) is 0 Å². The number of hydrogen-bond acceptors (Lipinski definition) is 4. The predicted octanol–water partition coefficient (Wildman–Crippen LogP) is -1.92. The number of halogens is 1. The fraction of sp³-hybridized carbons (Fsp3) is 0.650. The summed E-state index contributed by atoms with van der Waals surface area (Å²) in [5.74, 6) is 0.834. The van der Waals surface area contributed by atoms with Crippen molar-refractivity contribution in [2.24, 2.45) is 0 Å². The summed E-state index contributed by atoms with van der Waals surface area (Å²) in [6, 6.07) is 7.99. The molecule has 1 unspecified atom stereocenters. The molecule has 0 aromatic heterocycles. The topological polar surface area (TPSA) is 63.4 Å². The Kier molecular flexibility index (Phi) is 9.36. The average molecular weight is 401 g/mol. The van der Waals surface area contributed by atoms with Crippen LogP contribution < -0.4 is 22.0 Å². The van der Waals surface area contributed by atoms with E-state index in [2.05, 4.69) is 26.8 Å². The van der Waals surface area contributed by atoms with E-state index in [1.54, 1.807) is 4.90 Å². The van der Waals surface area contributed by atoms with Crippen LogP contribution in [-0.2, 0) is 10.2 Å². The first-order valence-corrected chi connectivity index (χ1v) is 9.47. The number of nitrogens with zero attached hydrogens (tertiary/aromatic N) is 1. The highest BCUT2D eigenvalue weighted by Gasteiger charge is 2.26. The first-order chi connectivity index (χ1) is 12.3. The molecular formula is C20H33ClN2O4. The second-order valence-electron chi connectivity index (χ2n) is 7.85. The molecule has 0 aliphatic carbocycles. The van der Waals surface area contributed by atoms with E-state index in [1.165, 1.54) is 4.90 Å². The molecular weight excluding hydrogens is 368 g/mol. The van der Waals surface area contributed by atoms with Gasteiger partial charge in [-0.2, -0.15) is 0 Å². The summed E-state index contributed by atoms with van der Waals surface area (Å²) in [4.78, 5) is 14.7. The van der Waals surface area contributed by atoms with Crippen molar-refractivity contribution in [3.05, 3.63) is 29.8 Å². The third-order valence-electron chi connectivity index (χ3n) is 4.65. The van der Waals surface area contributed by atoms with Gasteiger partial charge >= 0.3 is 6.09 Å². The first kappa shape index (κ1) is 23.5. The van der Waals surface area contributed by atoms with Gasteiger partial charge in [-0.1, -0.05) is 39.0 Å². The van der Waals surface area contributed by atoms with E-state index in [0.29, 0.717) is 26.2 Å². The molecule has 1 aromatic rings. The number of nitrogens with one attached hydrogen (secondary N) is 1. The minimum Gasteiger partial charge on any atom is -1.00 e. The van der Waals surface area contributed by atoms with Gasteiger partial charge in [0.1, 0.15) is 25.0 Å². The average Bonchev–Trinajstić information content (AvgIpc) is 2.60. The number of ether oxygens (including phenoxy) is 2. The molecule has 0 radical (unpaired) electrons. The van der Waals surface area contributed by atoms with Crippen molar-refractivity contribution >= 4 is 6.09 Å². The lowest BCUT2D eigenvalue weighted by atomic mass is 9.86. The smallest absolute Gasteiger partial charge is 0.410 e. The summed E-state index contributed by atoms with van der Waals surface area (Å²) in [6.07, 6.45) is -0.776. The Bertz CT molecular complexity index is 584. The monoisotopic (exact) mass is 400 g/mol. The maximum Gasteiger partial charge on any atom is 0.410 e. The van der Waals surface area contributed by atoms with Crippen LogP contribution in [0.15, 0.2) is 24.3 Å². The minimum absolute atomic E-state index is 0. The number of benzene rings is 1. The normalized spacial score (nSPS) is 16.4. The molecule has 1 atom stereocenters. The number of para-hydroxylation sites is 1. The van der Waals surface area contributed by atoms with Crippen LogP contribution in [0, 0.1) is 0 Å². The zero-order chi connectivity index (χ0) is 19.2. The van der Waals surface area contributed by atoms with Gasteiger partial charge in [0.15, 0.2) is 0 Å². The van der Waals surface area contributed by atoms with E-state index in [-0.39, 0.29) is 30.5 Å². The molecule has 7 heteroatoms. The third-order valence-corrected chi connectivity index (χ3v) is 4.65. The van der Waals surface area contributed by atoms with Gasteiger partial charge in [-0.15, -0.1) is 0 Å². The van der Waals surface area contributed by atoms with Crippen molar-refractivity contribution in [1.29, 1.82) is 0 Å². The highest BCUT2D eigenvalue weighted by Crippen LogP contribution is 2.30. The molecule has 1 aromatic carbocycles. The summed E-state index contributed by atoms with van der Waals surface area (Å²) < 4.78 is 10.9. The highest BCUT2D eigenvalue weighted by atomic mass is 35.5. The molecule has 1 aliphatic rings. The Hall–Kier alpha value is -1.50. The Morgan fingerprint density at radius 3 is 2.48 bits per heavy atom. The zero-order valence-electron chi connectivity index (χ0n) is 16.8. The zero-order valence-corrected chi connectivity index (χ0v) is 17.6. The van der Waals surface area contributed by atoms with E-state index < -0.39 is 6.10 Å². The molecule has 1 heterocycles. The summed E-state index contributed by atoms with van der Waals surface area (Å²) in [5, 5.41) is 10.4. The summed E-state index contributed by atoms with van der Waals surface area (Å²) in [7, 11) is 0. The minimum atomic E-state index is -0.535. The molecule has 27 heavy (non-hydrogen) atoms. The summed E-state index contributed by atoms with van der Waals surface area (Å²) in [6.45, 7) is 12.5. The van der Waals surface area contributed by atoms with Crippen LogP contribution in [0.4, 0.5) is 4.79 Å². The van der Waals surface area contributed by atoms with Crippen LogP contribution in [0.3, 0.4) is 0 Å². The van der Waals surface area contributed by atoms with Gasteiger partial charge in [0.25, 0.3) is 0 Å². The third kappa shape index (κ3) is 7.20. The standard InChI is InChI=1S/C20H32N2O4.ClH/c1-5-25-19(24)22-12-10-21(11-13-22)14-16(23)15-26-18-9-7-6-8-17(18)20(2,3)4;/h6-9,16,23H,5,10-15H2,1-4H3;1H. The van der Waals surface area contributed by atoms with Crippen molar-refractivity contribution in [2.75, 3.05) is 45.9 Å². The highest BCUT2D eigenvalue weighted by molar-refractivity contribution is 5.67. The molecule has 154 valence electrons. The van der Waals surface area contributed by atoms with Gasteiger partial charge in [-0.3, -0.25) is 4.90 Å². The van der Waals surface area contributed by atoms with Crippen LogP contribution >= 0.6 is 0 Å². The maximum atomic E-state index is 11.7. The van der Waals surface area contributed by atoms with Crippen LogP contribution in [0.25, 0.3) is 0 Å². The van der Waals surface area contributed by atoms with Crippen LogP contribution in [-0.4, -0.2) is 68.1 Å². The first-order valence-electron chi connectivity index (χ1n) is 9.47. The molecule has 2 rings (SSSR count). The number of rotatable bonds is 6. The number of piperazine rings is 1. The van der Waals surface area contributed by atoms with Crippen LogP contribution in [0.5, 0.6) is 5.75 Å². The number of quaternary nitrogens is 1. The summed E-state index contributed by atoms with van der Waals surface area (Å²) >= 11 is 0. The fourth-order valence-electron chi connectivity index (χ4n) is 3.21. The lowest BCUT2D eigenvalue weighted by Gasteiger charge is -2.32. The van der Waals surface area contributed by atoms with Crippen molar-refractivity contribution < 1.29 is 36.7 Å². The quantitative estimate of drug-likeness (QED) is 0.584. The predicted molar refractivity (Wildman–Crippen MR) is 101 cm³/mol. The Balaban J connectivity index is 0.00000364. The van der Waals surface area contributed by atoms with Gasteiger partial charge in [-0.05, 0) is 24.0 Å². The van der Waals surface area contributed by atoms with E-state index in [1.807, 2.05) is 25.1 Å². The van der Waals surface area contributed by atoms with Crippen molar-refractivity contribution in [2.45, 2.75) is 39.2 Å². The molecule has 6 nitrogen and oxygen atoms in total. The van der Waals surface area contributed by atoms with Crippen molar-refractivity contribution in [3.8, 4) is 5.75 Å². The molecule has 0 saturated carbocycles. The number of aliphatic hydroxyl groups excluding tert-OH is 1. The number of amides is 1. The second-order valence-corrected chi connectivity index (χ2v) is 7.85. The molecule has 1 saturated heterocycles. The number of carbonyl (C=O) groups excluding carboxylic acids is 1. The van der Waals surface area contributed by atoms with Gasteiger partial charge in [-0.25, -0.2) is 4.79 Å². The molecule has 1 amide bonds. The molecule has 0 spiro atoms. The van der Waals surface area contributed by atoms with Crippen molar-refractivity contribution in [1.82, 2.24) is 4.90 Å². The second kappa shape index (κ2) is 10.7. The van der Waals surface area contributed by atoms with Gasteiger partial charge in [0, 0.05) is 0 Å². The van der Waals surface area contributed by atoms with E-state index in [9.17, 15) is 9.90 Å². The number of carbonyl (C=O) groups is 1. The van der Waals surface area contributed by atoms with E-state index >= 15 is 0 Å². The lowest BCUT2D eigenvalue weighted by molar-refractivity contribution is -0.907. The van der Waals surface area contributed by atoms with Crippen LogP contribution in [0.2, 0.25) is 0 Å². The Morgan fingerprint density at radius 2 is 1.89 bits per heavy atom. The molecule has 1 fully saturated rings. The SMILES string of the molecule is CCOC(=O)N1CC[NH+](CC(O)COc2ccccc2C(C)(C)C)CC1.[Cl-].